The van der Waals surface area contributed by atoms with Crippen molar-refractivity contribution in [1.29, 1.82) is 0 Å². The average molecular weight is 532 g/mol. The maximum atomic E-state index is 13.2. The predicted octanol–water partition coefficient (Wildman–Crippen LogP) is 3.72. The van der Waals surface area contributed by atoms with Gasteiger partial charge >= 0.3 is 0 Å². The maximum absolute atomic E-state index is 13.2. The summed E-state index contributed by atoms with van der Waals surface area (Å²) in [6, 6.07) is 17.1. The molecule has 6 rings (SSSR count). The Morgan fingerprint density at radius 3 is 2.71 bits per heavy atom. The van der Waals surface area contributed by atoms with Crippen LogP contribution in [-0.4, -0.2) is 62.6 Å². The third-order valence-corrected chi connectivity index (χ3v) is 8.91. The van der Waals surface area contributed by atoms with E-state index in [0.29, 0.717) is 32.3 Å². The number of hydrogen-bond donors (Lipinski definition) is 2. The Labute approximate surface area is 221 Å². The van der Waals surface area contributed by atoms with Crippen molar-refractivity contribution in [2.45, 2.75) is 17.9 Å². The Balaban J connectivity index is 1.31. The lowest BCUT2D eigenvalue weighted by Crippen LogP contribution is -2.40. The highest BCUT2D eigenvalue weighted by Gasteiger charge is 2.26. The molecule has 0 spiro atoms. The van der Waals surface area contributed by atoms with Crippen molar-refractivity contribution < 1.29 is 17.9 Å². The first-order chi connectivity index (χ1) is 18.5. The van der Waals surface area contributed by atoms with Crippen LogP contribution in [0.1, 0.15) is 11.1 Å². The van der Waals surface area contributed by atoms with Crippen LogP contribution in [0.3, 0.4) is 0 Å². The van der Waals surface area contributed by atoms with Crippen LogP contribution in [0.2, 0.25) is 0 Å². The van der Waals surface area contributed by atoms with Crippen molar-refractivity contribution in [3.05, 3.63) is 71.9 Å². The SMILES string of the molecule is COc1cc2c(cc1Nc1ncc3ccc(-c4cccc(S(=O)(=O)N5CCOCC5)c4)cc3n1)CNCC2. The smallest absolute Gasteiger partial charge is 0.243 e. The number of hydrogen-bond acceptors (Lipinski definition) is 8. The van der Waals surface area contributed by atoms with Gasteiger partial charge in [-0.1, -0.05) is 24.3 Å². The number of morpholine rings is 1. The second-order valence-electron chi connectivity index (χ2n) is 9.38. The first-order valence-corrected chi connectivity index (χ1v) is 14.1. The molecule has 1 fully saturated rings. The van der Waals surface area contributed by atoms with E-state index in [4.69, 9.17) is 14.5 Å². The number of fused-ring (bicyclic) bond motifs is 2. The van der Waals surface area contributed by atoms with Crippen LogP contribution < -0.4 is 15.4 Å². The fraction of sp³-hybridized carbons (Fsp3) is 0.286. The molecule has 2 N–H and O–H groups in total. The number of nitrogens with zero attached hydrogens (tertiary/aromatic N) is 3. The Hall–Kier alpha value is -3.57. The number of sulfonamides is 1. The number of methoxy groups -OCH3 is 1. The number of rotatable bonds is 6. The van der Waals surface area contributed by atoms with Crippen molar-refractivity contribution in [3.8, 4) is 16.9 Å². The monoisotopic (exact) mass is 531 g/mol. The molecule has 2 aliphatic rings. The largest absolute Gasteiger partial charge is 0.495 e. The zero-order valence-corrected chi connectivity index (χ0v) is 21.9. The molecule has 0 bridgehead atoms. The fourth-order valence-electron chi connectivity index (χ4n) is 4.93. The number of anilines is 2. The second kappa shape index (κ2) is 10.3. The summed E-state index contributed by atoms with van der Waals surface area (Å²) in [6.07, 6.45) is 2.75. The third kappa shape index (κ3) is 4.83. The molecule has 3 aromatic carbocycles. The lowest BCUT2D eigenvalue weighted by molar-refractivity contribution is 0.0730. The Morgan fingerprint density at radius 1 is 1.03 bits per heavy atom. The molecule has 1 aromatic heterocycles. The standard InChI is InChI=1S/C28H29N5O4S/c1-36-27-16-21-7-8-29-17-23(21)15-26(27)32-28-30-18-22-6-5-20(14-25(22)31-28)19-3-2-4-24(13-19)38(34,35)33-9-11-37-12-10-33/h2-6,13-16,18,29H,7-12,17H2,1H3,(H,30,31,32). The minimum atomic E-state index is -3.59. The van der Waals surface area contributed by atoms with E-state index in [9.17, 15) is 8.42 Å². The van der Waals surface area contributed by atoms with Gasteiger partial charge in [0, 0.05) is 31.2 Å². The Morgan fingerprint density at radius 2 is 1.87 bits per heavy atom. The summed E-state index contributed by atoms with van der Waals surface area (Å²) >= 11 is 0. The van der Waals surface area contributed by atoms with Gasteiger partial charge in [-0.25, -0.2) is 18.4 Å². The summed E-state index contributed by atoms with van der Waals surface area (Å²) in [5.41, 5.74) is 5.76. The van der Waals surface area contributed by atoms with Crippen molar-refractivity contribution in [2.24, 2.45) is 0 Å². The van der Waals surface area contributed by atoms with Gasteiger partial charge in [0.25, 0.3) is 0 Å². The number of aromatic nitrogens is 2. The molecule has 38 heavy (non-hydrogen) atoms. The quantitative estimate of drug-likeness (QED) is 0.388. The molecule has 0 radical (unpaired) electrons. The molecule has 1 saturated heterocycles. The molecule has 0 amide bonds. The summed E-state index contributed by atoms with van der Waals surface area (Å²) in [5.74, 6) is 1.21. The van der Waals surface area contributed by atoms with Gasteiger partial charge in [0.05, 0.1) is 36.4 Å². The topological polar surface area (TPSA) is 106 Å². The van der Waals surface area contributed by atoms with Gasteiger partial charge in [0.1, 0.15) is 5.75 Å². The molecule has 2 aliphatic heterocycles. The fourth-order valence-corrected chi connectivity index (χ4v) is 6.39. The minimum absolute atomic E-state index is 0.274. The lowest BCUT2D eigenvalue weighted by Gasteiger charge is -2.26. The first kappa shape index (κ1) is 24.7. The van der Waals surface area contributed by atoms with Gasteiger partial charge in [0.15, 0.2) is 0 Å². The molecular formula is C28H29N5O4S. The van der Waals surface area contributed by atoms with Crippen molar-refractivity contribution in [1.82, 2.24) is 19.6 Å². The molecule has 9 nitrogen and oxygen atoms in total. The normalized spacial score (nSPS) is 16.2. The predicted molar refractivity (Wildman–Crippen MR) is 146 cm³/mol. The molecule has 196 valence electrons. The zero-order valence-electron chi connectivity index (χ0n) is 21.1. The summed E-state index contributed by atoms with van der Waals surface area (Å²) in [7, 11) is -1.93. The van der Waals surface area contributed by atoms with Gasteiger partial charge in [-0.3, -0.25) is 0 Å². The van der Waals surface area contributed by atoms with Gasteiger partial charge in [-0.2, -0.15) is 4.31 Å². The van der Waals surface area contributed by atoms with Gasteiger partial charge in [-0.05, 0) is 65.6 Å². The van der Waals surface area contributed by atoms with E-state index in [0.717, 1.165) is 53.0 Å². The van der Waals surface area contributed by atoms with Crippen LogP contribution >= 0.6 is 0 Å². The van der Waals surface area contributed by atoms with Gasteiger partial charge in [0.2, 0.25) is 16.0 Å². The van der Waals surface area contributed by atoms with Gasteiger partial charge in [-0.15, -0.1) is 0 Å². The van der Waals surface area contributed by atoms with E-state index in [1.165, 1.54) is 15.4 Å². The molecule has 4 aromatic rings. The summed E-state index contributed by atoms with van der Waals surface area (Å²) < 4.78 is 38.8. The summed E-state index contributed by atoms with van der Waals surface area (Å²) in [6.45, 7) is 3.32. The Kier molecular flexibility index (Phi) is 6.71. The van der Waals surface area contributed by atoms with Crippen LogP contribution in [0.25, 0.3) is 22.0 Å². The third-order valence-electron chi connectivity index (χ3n) is 7.01. The molecule has 0 saturated carbocycles. The zero-order chi connectivity index (χ0) is 26.1. The molecular weight excluding hydrogens is 502 g/mol. The van der Waals surface area contributed by atoms with E-state index in [1.54, 1.807) is 31.5 Å². The highest BCUT2D eigenvalue weighted by atomic mass is 32.2. The van der Waals surface area contributed by atoms with E-state index in [-0.39, 0.29) is 4.90 Å². The second-order valence-corrected chi connectivity index (χ2v) is 11.3. The van der Waals surface area contributed by atoms with E-state index >= 15 is 0 Å². The highest BCUT2D eigenvalue weighted by Crippen LogP contribution is 2.32. The first-order valence-electron chi connectivity index (χ1n) is 12.6. The van der Waals surface area contributed by atoms with Crippen LogP contribution in [0.5, 0.6) is 5.75 Å². The molecule has 10 heteroatoms. The number of nitrogens with one attached hydrogen (secondary N) is 2. The number of ether oxygens (including phenoxy) is 2. The van der Waals surface area contributed by atoms with E-state index < -0.39 is 10.0 Å². The van der Waals surface area contributed by atoms with Gasteiger partial charge < -0.3 is 20.1 Å². The maximum Gasteiger partial charge on any atom is 0.243 e. The van der Waals surface area contributed by atoms with Crippen molar-refractivity contribution in [2.75, 3.05) is 45.3 Å². The molecule has 3 heterocycles. The molecule has 0 unspecified atom stereocenters. The van der Waals surface area contributed by atoms with Crippen LogP contribution in [-0.2, 0) is 27.7 Å². The number of benzene rings is 3. The van der Waals surface area contributed by atoms with E-state index in [2.05, 4.69) is 27.8 Å². The van der Waals surface area contributed by atoms with Crippen LogP contribution in [0.4, 0.5) is 11.6 Å². The minimum Gasteiger partial charge on any atom is -0.495 e. The lowest BCUT2D eigenvalue weighted by atomic mass is 10.00. The summed E-state index contributed by atoms with van der Waals surface area (Å²) in [4.78, 5) is 9.53. The van der Waals surface area contributed by atoms with Crippen molar-refractivity contribution >= 4 is 32.6 Å². The highest BCUT2D eigenvalue weighted by molar-refractivity contribution is 7.89. The molecule has 0 atom stereocenters. The molecule has 0 aliphatic carbocycles. The summed E-state index contributed by atoms with van der Waals surface area (Å²) in [5, 5.41) is 7.61. The Bertz CT molecular complexity index is 1600. The van der Waals surface area contributed by atoms with E-state index in [1.807, 2.05) is 24.3 Å². The average Bonchev–Trinajstić information content (AvgIpc) is 2.97. The van der Waals surface area contributed by atoms with Crippen molar-refractivity contribution in [3.63, 3.8) is 0 Å². The van der Waals surface area contributed by atoms with Crippen LogP contribution in [0.15, 0.2) is 65.7 Å². The van der Waals surface area contributed by atoms with Crippen LogP contribution in [0, 0.1) is 0 Å².